The van der Waals surface area contributed by atoms with Crippen molar-refractivity contribution in [2.75, 3.05) is 0 Å². The van der Waals surface area contributed by atoms with E-state index < -0.39 is 0 Å². The quantitative estimate of drug-likeness (QED) is 0.181. The van der Waals surface area contributed by atoms with E-state index in [1.54, 1.807) is 0 Å². The lowest BCUT2D eigenvalue weighted by Gasteiger charge is -2.23. The lowest BCUT2D eigenvalue weighted by Crippen LogP contribution is -1.97. The van der Waals surface area contributed by atoms with Gasteiger partial charge in [0, 0.05) is 0 Å². The highest BCUT2D eigenvalue weighted by molar-refractivity contribution is 6.24. The molecule has 0 unspecified atom stereocenters. The number of rotatable bonds is 4. The van der Waals surface area contributed by atoms with Crippen molar-refractivity contribution in [2.24, 2.45) is 0 Å². The Balaban J connectivity index is 1.44. The van der Waals surface area contributed by atoms with Crippen LogP contribution in [-0.2, 0) is 0 Å². The summed E-state index contributed by atoms with van der Waals surface area (Å²) in [7, 11) is 0. The Morgan fingerprint density at radius 3 is 1.50 bits per heavy atom. The minimum absolute atomic E-state index is 1.04. The normalized spacial score (nSPS) is 13.1. The Kier molecular flexibility index (Phi) is 6.39. The van der Waals surface area contributed by atoms with Gasteiger partial charge in [-0.3, -0.25) is 0 Å². The number of hydrogen-bond donors (Lipinski definition) is 0. The third-order valence-electron chi connectivity index (χ3n) is 9.70. The van der Waals surface area contributed by atoms with Crippen molar-refractivity contribution in [3.05, 3.63) is 175 Å². The number of hydrogen-bond acceptors (Lipinski definition) is 0. The van der Waals surface area contributed by atoms with E-state index in [9.17, 15) is 0 Å². The number of fused-ring (bicyclic) bond motifs is 4. The zero-order chi connectivity index (χ0) is 30.5. The van der Waals surface area contributed by atoms with Crippen LogP contribution in [0.2, 0.25) is 0 Å². The Morgan fingerprint density at radius 2 is 0.891 bits per heavy atom. The van der Waals surface area contributed by atoms with Crippen LogP contribution < -0.4 is 0 Å². The summed E-state index contributed by atoms with van der Waals surface area (Å²) in [5.74, 6) is 0. The van der Waals surface area contributed by atoms with E-state index in [-0.39, 0.29) is 0 Å². The fourth-order valence-electron chi connectivity index (χ4n) is 7.65. The first kappa shape index (κ1) is 26.7. The van der Waals surface area contributed by atoms with Gasteiger partial charge in [0.15, 0.2) is 0 Å². The van der Waals surface area contributed by atoms with Gasteiger partial charge >= 0.3 is 0 Å². The van der Waals surface area contributed by atoms with Gasteiger partial charge in [0.2, 0.25) is 0 Å². The van der Waals surface area contributed by atoms with Gasteiger partial charge in [-0.15, -0.1) is 0 Å². The summed E-state index contributed by atoms with van der Waals surface area (Å²) in [4.78, 5) is 0. The first-order valence-electron chi connectivity index (χ1n) is 16.3. The molecule has 0 heterocycles. The molecule has 9 rings (SSSR count). The van der Waals surface area contributed by atoms with Crippen LogP contribution in [-0.4, -0.2) is 0 Å². The molecule has 1 aliphatic rings. The molecule has 0 radical (unpaired) electrons. The van der Waals surface area contributed by atoms with Crippen molar-refractivity contribution in [1.82, 2.24) is 0 Å². The van der Waals surface area contributed by atoms with Gasteiger partial charge in [-0.1, -0.05) is 158 Å². The van der Waals surface area contributed by atoms with Crippen LogP contribution in [0.4, 0.5) is 0 Å². The second-order valence-corrected chi connectivity index (χ2v) is 12.3. The summed E-state index contributed by atoms with van der Waals surface area (Å²) < 4.78 is 0. The average molecular weight is 585 g/mol. The maximum Gasteiger partial charge on any atom is -0.00199 e. The first-order chi connectivity index (χ1) is 22.8. The smallest absolute Gasteiger partial charge is 0.00199 e. The van der Waals surface area contributed by atoms with Gasteiger partial charge in [0.25, 0.3) is 0 Å². The molecule has 0 heteroatoms. The van der Waals surface area contributed by atoms with E-state index in [2.05, 4.69) is 170 Å². The van der Waals surface area contributed by atoms with Crippen LogP contribution in [0.5, 0.6) is 0 Å². The first-order valence-corrected chi connectivity index (χ1v) is 16.3. The molecule has 0 spiro atoms. The van der Waals surface area contributed by atoms with Crippen LogP contribution in [0.1, 0.15) is 18.4 Å². The molecule has 0 bridgehead atoms. The van der Waals surface area contributed by atoms with Gasteiger partial charge in [-0.05, 0) is 113 Å². The molecule has 46 heavy (non-hydrogen) atoms. The molecule has 0 saturated carbocycles. The maximum absolute atomic E-state index is 2.41. The number of allylic oxidation sites excluding steroid dienone is 4. The number of benzene rings is 8. The SMILES string of the molecule is C1=CCCC(c2c(-c3c4ccccc4c(-c4cc5ccccc5cc4-c4ccccc4)c4ccccc34)ccc3ccccc23)=C1. The van der Waals surface area contributed by atoms with Crippen molar-refractivity contribution in [3.8, 4) is 33.4 Å². The third-order valence-corrected chi connectivity index (χ3v) is 9.70. The van der Waals surface area contributed by atoms with Crippen molar-refractivity contribution >= 4 is 48.7 Å². The summed E-state index contributed by atoms with van der Waals surface area (Å²) in [6.07, 6.45) is 8.95. The van der Waals surface area contributed by atoms with Crippen molar-refractivity contribution in [1.29, 1.82) is 0 Å². The van der Waals surface area contributed by atoms with E-state index in [0.717, 1.165) is 12.8 Å². The molecule has 0 saturated heterocycles. The molecule has 1 aliphatic carbocycles. The molecule has 0 N–H and O–H groups in total. The van der Waals surface area contributed by atoms with Gasteiger partial charge < -0.3 is 0 Å². The van der Waals surface area contributed by atoms with Crippen molar-refractivity contribution in [3.63, 3.8) is 0 Å². The zero-order valence-corrected chi connectivity index (χ0v) is 25.6. The molecular weight excluding hydrogens is 553 g/mol. The second kappa shape index (κ2) is 11.0. The van der Waals surface area contributed by atoms with Crippen molar-refractivity contribution in [2.45, 2.75) is 12.8 Å². The summed E-state index contributed by atoms with van der Waals surface area (Å²) in [5.41, 5.74) is 10.4. The van der Waals surface area contributed by atoms with E-state index in [1.165, 1.54) is 87.6 Å². The third kappa shape index (κ3) is 4.30. The highest BCUT2D eigenvalue weighted by Gasteiger charge is 2.22. The van der Waals surface area contributed by atoms with E-state index >= 15 is 0 Å². The largest absolute Gasteiger partial charge is 0.0842 e. The van der Waals surface area contributed by atoms with Gasteiger partial charge in [-0.25, -0.2) is 0 Å². The Morgan fingerprint density at radius 1 is 0.370 bits per heavy atom. The van der Waals surface area contributed by atoms with Crippen LogP contribution in [0.3, 0.4) is 0 Å². The lowest BCUT2D eigenvalue weighted by molar-refractivity contribution is 1.06. The van der Waals surface area contributed by atoms with Crippen LogP contribution >= 0.6 is 0 Å². The minimum atomic E-state index is 1.04. The summed E-state index contributed by atoms with van der Waals surface area (Å²) in [6, 6.07) is 56.0. The molecule has 0 aromatic heterocycles. The maximum atomic E-state index is 2.41. The van der Waals surface area contributed by atoms with Crippen LogP contribution in [0.25, 0.3) is 82.0 Å². The molecule has 216 valence electrons. The predicted molar refractivity (Wildman–Crippen MR) is 199 cm³/mol. The van der Waals surface area contributed by atoms with E-state index in [0.29, 0.717) is 0 Å². The molecule has 0 nitrogen and oxygen atoms in total. The Bertz CT molecular complexity index is 2450. The van der Waals surface area contributed by atoms with Gasteiger partial charge in [-0.2, -0.15) is 0 Å². The molecule has 0 atom stereocenters. The summed E-state index contributed by atoms with van der Waals surface area (Å²) in [6.45, 7) is 0. The highest BCUT2D eigenvalue weighted by Crippen LogP contribution is 2.49. The zero-order valence-electron chi connectivity index (χ0n) is 25.6. The van der Waals surface area contributed by atoms with E-state index in [4.69, 9.17) is 0 Å². The van der Waals surface area contributed by atoms with Gasteiger partial charge in [0.1, 0.15) is 0 Å². The topological polar surface area (TPSA) is 0 Å². The Labute approximate surface area is 269 Å². The fourth-order valence-corrected chi connectivity index (χ4v) is 7.65. The summed E-state index contributed by atoms with van der Waals surface area (Å²) in [5, 5.41) is 10.2. The predicted octanol–water partition coefficient (Wildman–Crippen LogP) is 13.0. The molecule has 8 aromatic rings. The molecule has 8 aromatic carbocycles. The molecule has 0 fully saturated rings. The average Bonchev–Trinajstić information content (AvgIpc) is 3.13. The second-order valence-electron chi connectivity index (χ2n) is 12.3. The molecule has 0 amide bonds. The fraction of sp³-hybridized carbons (Fsp3) is 0.0435. The highest BCUT2D eigenvalue weighted by atomic mass is 14.3. The van der Waals surface area contributed by atoms with Crippen LogP contribution in [0, 0.1) is 0 Å². The van der Waals surface area contributed by atoms with Gasteiger partial charge in [0.05, 0.1) is 0 Å². The standard InChI is InChI=1S/C46H32/c1-3-15-31(16-4-1)42-29-34-20-7-8-21-35(34)30-43(42)46-39-25-13-11-23-37(39)45(38-24-12-14-26-40(38)46)41-28-27-32-17-9-10-22-36(32)44(41)33-18-5-2-6-19-33/h1-5,7-18,20-30H,6,19H2. The van der Waals surface area contributed by atoms with Crippen LogP contribution in [0.15, 0.2) is 170 Å². The molecular formula is C46H32. The summed E-state index contributed by atoms with van der Waals surface area (Å²) >= 11 is 0. The monoisotopic (exact) mass is 584 g/mol. The Hall–Kier alpha value is -5.72. The van der Waals surface area contributed by atoms with E-state index in [1.807, 2.05) is 0 Å². The van der Waals surface area contributed by atoms with Crippen molar-refractivity contribution < 1.29 is 0 Å². The lowest BCUT2D eigenvalue weighted by atomic mass is 9.80. The minimum Gasteiger partial charge on any atom is -0.0842 e. The molecule has 0 aliphatic heterocycles.